The Balaban J connectivity index is 2.09. The molecule has 146 valence electrons. The Bertz CT molecular complexity index is 777. The summed E-state index contributed by atoms with van der Waals surface area (Å²) in [6.07, 6.45) is 0. The molecule has 9 heteroatoms. The van der Waals surface area contributed by atoms with Gasteiger partial charge in [0.25, 0.3) is 0 Å². The van der Waals surface area contributed by atoms with Gasteiger partial charge in [-0.3, -0.25) is 0 Å². The molecule has 8 nitrogen and oxygen atoms in total. The lowest BCUT2D eigenvalue weighted by atomic mass is 10.0. The van der Waals surface area contributed by atoms with Crippen LogP contribution in [-0.4, -0.2) is 35.8 Å². The predicted octanol–water partition coefficient (Wildman–Crippen LogP) is 0.554. The van der Waals surface area contributed by atoms with Gasteiger partial charge in [-0.15, -0.1) is 0 Å². The number of aliphatic hydroxyl groups is 4. The van der Waals surface area contributed by atoms with E-state index < -0.39 is 13.2 Å². The van der Waals surface area contributed by atoms with Gasteiger partial charge in [-0.1, -0.05) is 0 Å². The van der Waals surface area contributed by atoms with E-state index in [1.54, 1.807) is 12.1 Å². The van der Waals surface area contributed by atoms with Gasteiger partial charge < -0.3 is 41.3 Å². The molecule has 0 atom stereocenters. The number of aromatic hydroxyl groups is 2. The van der Waals surface area contributed by atoms with E-state index in [2.05, 4.69) is 10.6 Å². The van der Waals surface area contributed by atoms with E-state index in [4.69, 9.17) is 12.2 Å². The zero-order valence-corrected chi connectivity index (χ0v) is 15.3. The third kappa shape index (κ3) is 5.06. The van der Waals surface area contributed by atoms with Crippen LogP contribution in [0.3, 0.4) is 0 Å². The summed E-state index contributed by atoms with van der Waals surface area (Å²) in [5.74, 6) is -0.303. The lowest BCUT2D eigenvalue weighted by molar-refractivity contribution is 0.263. The topological polar surface area (TPSA) is 145 Å². The van der Waals surface area contributed by atoms with Crippen LogP contribution in [0.5, 0.6) is 11.5 Å². The number of thiocarbonyl (C=S) groups is 1. The Kier molecular flexibility index (Phi) is 7.34. The fourth-order valence-corrected chi connectivity index (χ4v) is 2.80. The first-order valence-corrected chi connectivity index (χ1v) is 8.51. The minimum atomic E-state index is -0.393. The fraction of sp³-hybridized carbons (Fsp3) is 0.278. The Morgan fingerprint density at radius 2 is 1.15 bits per heavy atom. The molecule has 0 amide bonds. The zero-order valence-electron chi connectivity index (χ0n) is 14.4. The van der Waals surface area contributed by atoms with Crippen LogP contribution < -0.4 is 10.6 Å². The Morgan fingerprint density at radius 3 is 1.56 bits per heavy atom. The highest BCUT2D eigenvalue weighted by Gasteiger charge is 2.11. The summed E-state index contributed by atoms with van der Waals surface area (Å²) in [4.78, 5) is 0. The number of hydrogen-bond acceptors (Lipinski definition) is 7. The number of rotatable bonds is 7. The maximum Gasteiger partial charge on any atom is 0.171 e. The molecule has 0 aliphatic carbocycles. The molecule has 0 aliphatic heterocycles. The standard InChI is InChI=1S/C18H22N2O6S/c21-6-11-1-10(2-12(7-22)16(11)25)5-19-18(27)20-15-3-13(8-23)17(26)14(4-15)9-24/h1-4,21-26H,5-9H2,(H2,19,20,27). The summed E-state index contributed by atoms with van der Waals surface area (Å²) in [5.41, 5.74) is 2.29. The number of nitrogens with one attached hydrogen (secondary N) is 2. The monoisotopic (exact) mass is 394 g/mol. The van der Waals surface area contributed by atoms with Crippen LogP contribution in [0.1, 0.15) is 27.8 Å². The molecule has 27 heavy (non-hydrogen) atoms. The number of benzene rings is 2. The molecule has 0 fully saturated rings. The highest BCUT2D eigenvalue weighted by molar-refractivity contribution is 7.80. The molecule has 2 rings (SSSR count). The molecule has 8 N–H and O–H groups in total. The predicted molar refractivity (Wildman–Crippen MR) is 103 cm³/mol. The van der Waals surface area contributed by atoms with Crippen molar-refractivity contribution in [1.82, 2.24) is 5.32 Å². The largest absolute Gasteiger partial charge is 0.507 e. The van der Waals surface area contributed by atoms with Gasteiger partial charge in [0.05, 0.1) is 26.4 Å². The van der Waals surface area contributed by atoms with Gasteiger partial charge in [0, 0.05) is 34.5 Å². The highest BCUT2D eigenvalue weighted by atomic mass is 32.1. The Morgan fingerprint density at radius 1 is 0.741 bits per heavy atom. The molecule has 2 aromatic carbocycles. The van der Waals surface area contributed by atoms with Crippen molar-refractivity contribution in [2.24, 2.45) is 0 Å². The number of aliphatic hydroxyl groups excluding tert-OH is 4. The van der Waals surface area contributed by atoms with Crippen LogP contribution in [0.25, 0.3) is 0 Å². The van der Waals surface area contributed by atoms with Crippen molar-refractivity contribution in [3.8, 4) is 11.5 Å². The van der Waals surface area contributed by atoms with Gasteiger partial charge >= 0.3 is 0 Å². The molecule has 0 radical (unpaired) electrons. The molecular weight excluding hydrogens is 372 g/mol. The Hall–Kier alpha value is -2.43. The van der Waals surface area contributed by atoms with Crippen LogP contribution in [0.2, 0.25) is 0 Å². The SMILES string of the molecule is OCc1cc(CNC(=S)Nc2cc(CO)c(O)c(CO)c2)cc(CO)c1O. The number of anilines is 1. The van der Waals surface area contributed by atoms with Gasteiger partial charge in [0.1, 0.15) is 11.5 Å². The van der Waals surface area contributed by atoms with Crippen LogP contribution in [0.4, 0.5) is 5.69 Å². The summed E-state index contributed by atoms with van der Waals surface area (Å²) in [6.45, 7) is -1.25. The summed E-state index contributed by atoms with van der Waals surface area (Å²) >= 11 is 5.22. The van der Waals surface area contributed by atoms with Crippen molar-refractivity contribution in [1.29, 1.82) is 0 Å². The average Bonchev–Trinajstić information content (AvgIpc) is 2.68. The highest BCUT2D eigenvalue weighted by Crippen LogP contribution is 2.28. The first-order chi connectivity index (χ1) is 12.9. The van der Waals surface area contributed by atoms with Gasteiger partial charge in [0.15, 0.2) is 5.11 Å². The van der Waals surface area contributed by atoms with Crippen molar-refractivity contribution in [3.05, 3.63) is 52.1 Å². The third-order valence-corrected chi connectivity index (χ3v) is 4.23. The number of phenols is 2. The molecule has 0 saturated carbocycles. The van der Waals surface area contributed by atoms with E-state index in [-0.39, 0.29) is 47.5 Å². The van der Waals surface area contributed by atoms with Crippen LogP contribution in [-0.2, 0) is 33.0 Å². The second-order valence-corrected chi connectivity index (χ2v) is 6.25. The smallest absolute Gasteiger partial charge is 0.171 e. The van der Waals surface area contributed by atoms with Crippen molar-refractivity contribution in [2.75, 3.05) is 5.32 Å². The third-order valence-electron chi connectivity index (χ3n) is 3.99. The Labute approximate surface area is 161 Å². The minimum absolute atomic E-state index is 0.137. The first kappa shape index (κ1) is 20.9. The molecule has 0 unspecified atom stereocenters. The van der Waals surface area contributed by atoms with Crippen LogP contribution in [0, 0.1) is 0 Å². The van der Waals surface area contributed by atoms with E-state index in [1.165, 1.54) is 12.1 Å². The summed E-state index contributed by atoms with van der Waals surface area (Å²) in [7, 11) is 0. The van der Waals surface area contributed by atoms with E-state index in [1.807, 2.05) is 0 Å². The lowest BCUT2D eigenvalue weighted by Gasteiger charge is -2.15. The van der Waals surface area contributed by atoms with Crippen LogP contribution >= 0.6 is 12.2 Å². The molecule has 0 aliphatic rings. The first-order valence-electron chi connectivity index (χ1n) is 8.10. The second kappa shape index (κ2) is 9.49. The van der Waals surface area contributed by atoms with Gasteiger partial charge in [-0.05, 0) is 42.0 Å². The lowest BCUT2D eigenvalue weighted by Crippen LogP contribution is -2.28. The second-order valence-electron chi connectivity index (χ2n) is 5.85. The van der Waals surface area contributed by atoms with Crippen LogP contribution in [0.15, 0.2) is 24.3 Å². The van der Waals surface area contributed by atoms with E-state index in [0.717, 1.165) is 0 Å². The molecular formula is C18H22N2O6S. The average molecular weight is 394 g/mol. The molecule has 2 aromatic rings. The minimum Gasteiger partial charge on any atom is -0.507 e. The quantitative estimate of drug-likeness (QED) is 0.249. The summed E-state index contributed by atoms with van der Waals surface area (Å²) < 4.78 is 0. The zero-order chi connectivity index (χ0) is 20.0. The molecule has 0 spiro atoms. The fourth-order valence-electron chi connectivity index (χ4n) is 2.61. The van der Waals surface area contributed by atoms with Crippen molar-refractivity contribution in [3.63, 3.8) is 0 Å². The van der Waals surface area contributed by atoms with Crippen molar-refractivity contribution in [2.45, 2.75) is 33.0 Å². The van der Waals surface area contributed by atoms with Crippen molar-refractivity contribution < 1.29 is 30.6 Å². The summed E-state index contributed by atoms with van der Waals surface area (Å²) in [5, 5.41) is 63.0. The molecule has 0 aromatic heterocycles. The summed E-state index contributed by atoms with van der Waals surface area (Å²) in [6, 6.07) is 6.21. The number of hydrogen-bond donors (Lipinski definition) is 8. The molecule has 0 bridgehead atoms. The van der Waals surface area contributed by atoms with E-state index in [9.17, 15) is 30.6 Å². The van der Waals surface area contributed by atoms with Gasteiger partial charge in [-0.25, -0.2) is 0 Å². The van der Waals surface area contributed by atoms with Crippen molar-refractivity contribution >= 4 is 23.0 Å². The van der Waals surface area contributed by atoms with E-state index >= 15 is 0 Å². The van der Waals surface area contributed by atoms with Gasteiger partial charge in [0.2, 0.25) is 0 Å². The maximum absolute atomic E-state index is 9.87. The van der Waals surface area contributed by atoms with E-state index in [0.29, 0.717) is 22.4 Å². The molecule has 0 saturated heterocycles. The van der Waals surface area contributed by atoms with Gasteiger partial charge in [-0.2, -0.15) is 0 Å². The normalized spacial score (nSPS) is 10.7. The maximum atomic E-state index is 9.87. The molecule has 0 heterocycles.